The minimum Gasteiger partial charge on any atom is -0.496 e. The molecule has 0 radical (unpaired) electrons. The van der Waals surface area contributed by atoms with Gasteiger partial charge in [-0.15, -0.1) is 0 Å². The molecule has 3 atom stereocenters. The first-order chi connectivity index (χ1) is 13.9. The van der Waals surface area contributed by atoms with E-state index in [-0.39, 0.29) is 29.1 Å². The quantitative estimate of drug-likeness (QED) is 0.555. The lowest BCUT2D eigenvalue weighted by Gasteiger charge is -2.36. The summed E-state index contributed by atoms with van der Waals surface area (Å²) in [5, 5.41) is 0.340. The molecule has 29 heavy (non-hydrogen) atoms. The topological polar surface area (TPSA) is 111 Å². The molecule has 0 heterocycles. The van der Waals surface area contributed by atoms with Crippen LogP contribution in [0.25, 0.3) is 0 Å². The summed E-state index contributed by atoms with van der Waals surface area (Å²) in [6.07, 6.45) is 3.63. The van der Waals surface area contributed by atoms with Gasteiger partial charge in [0.25, 0.3) is 11.8 Å². The van der Waals surface area contributed by atoms with Crippen LogP contribution in [0.2, 0.25) is 5.02 Å². The van der Waals surface area contributed by atoms with Crippen LogP contribution in [0.4, 0.5) is 0 Å². The van der Waals surface area contributed by atoms with Gasteiger partial charge in [-0.05, 0) is 43.9 Å². The smallest absolute Gasteiger partial charge is 0.309 e. The van der Waals surface area contributed by atoms with Crippen LogP contribution in [-0.4, -0.2) is 37.3 Å². The van der Waals surface area contributed by atoms with Gasteiger partial charge in [0.2, 0.25) is 0 Å². The van der Waals surface area contributed by atoms with Crippen molar-refractivity contribution in [3.05, 3.63) is 28.8 Å². The van der Waals surface area contributed by atoms with Crippen LogP contribution in [0, 0.1) is 17.8 Å². The molecule has 2 fully saturated rings. The molecule has 2 aliphatic rings. The summed E-state index contributed by atoms with van der Waals surface area (Å²) >= 11 is 5.88. The summed E-state index contributed by atoms with van der Waals surface area (Å²) in [5.41, 5.74) is 4.57. The molecule has 3 rings (SSSR count). The van der Waals surface area contributed by atoms with Gasteiger partial charge in [-0.3, -0.25) is 30.0 Å². The highest BCUT2D eigenvalue weighted by molar-refractivity contribution is 6.31. The maximum Gasteiger partial charge on any atom is 0.309 e. The Morgan fingerprint density at radius 1 is 1.14 bits per heavy atom. The van der Waals surface area contributed by atoms with Gasteiger partial charge < -0.3 is 9.47 Å². The zero-order valence-electron chi connectivity index (χ0n) is 16.0. The monoisotopic (exact) mass is 422 g/mol. The molecule has 1 aromatic rings. The first kappa shape index (κ1) is 21.1. The number of carbonyl (C=O) groups excluding carboxylic acids is 4. The second-order valence-electron chi connectivity index (χ2n) is 7.35. The fourth-order valence-corrected chi connectivity index (χ4v) is 4.19. The van der Waals surface area contributed by atoms with Crippen LogP contribution in [0.3, 0.4) is 0 Å². The van der Waals surface area contributed by atoms with Crippen molar-refractivity contribution in [2.45, 2.75) is 32.1 Å². The van der Waals surface area contributed by atoms with Gasteiger partial charge in [0.1, 0.15) is 11.5 Å². The van der Waals surface area contributed by atoms with Crippen molar-refractivity contribution in [2.75, 3.05) is 13.7 Å². The number of ketones is 1. The number of benzene rings is 1. The maximum atomic E-state index is 12.3. The van der Waals surface area contributed by atoms with E-state index in [0.717, 1.165) is 19.3 Å². The van der Waals surface area contributed by atoms with Gasteiger partial charge in [-0.1, -0.05) is 18.0 Å². The Kier molecular flexibility index (Phi) is 6.74. The van der Waals surface area contributed by atoms with E-state index in [1.807, 2.05) is 0 Å². The SMILES string of the molecule is COc1ccc(Cl)cc1C(=O)NNC(=O)COC(=O)C1C[C@H]2CCC[C@@H](C1)C2=O. The highest BCUT2D eigenvalue weighted by Gasteiger charge is 2.41. The van der Waals surface area contributed by atoms with Crippen molar-refractivity contribution in [2.24, 2.45) is 17.8 Å². The van der Waals surface area contributed by atoms with Gasteiger partial charge in [0.15, 0.2) is 6.61 Å². The Morgan fingerprint density at radius 3 is 2.48 bits per heavy atom. The van der Waals surface area contributed by atoms with Crippen molar-refractivity contribution in [1.82, 2.24) is 10.9 Å². The number of hydrogen-bond donors (Lipinski definition) is 2. The Balaban J connectivity index is 1.45. The Hall–Kier alpha value is -2.61. The number of esters is 1. The second kappa shape index (κ2) is 9.26. The minimum atomic E-state index is -0.681. The van der Waals surface area contributed by atoms with Crippen molar-refractivity contribution in [3.8, 4) is 5.75 Å². The van der Waals surface area contributed by atoms with E-state index >= 15 is 0 Å². The maximum absolute atomic E-state index is 12.3. The molecule has 2 N–H and O–H groups in total. The predicted octanol–water partition coefficient (Wildman–Crippen LogP) is 2.05. The van der Waals surface area contributed by atoms with E-state index < -0.39 is 24.4 Å². The van der Waals surface area contributed by atoms with Crippen molar-refractivity contribution < 1.29 is 28.7 Å². The largest absolute Gasteiger partial charge is 0.496 e. The summed E-state index contributed by atoms with van der Waals surface area (Å²) in [6.45, 7) is -0.522. The second-order valence-corrected chi connectivity index (χ2v) is 7.79. The number of rotatable bonds is 5. The number of Topliss-reactive ketones (excluding diaryl/α,β-unsaturated/α-hetero) is 1. The number of carbonyl (C=O) groups is 4. The lowest BCUT2D eigenvalue weighted by molar-refractivity contribution is -0.156. The van der Waals surface area contributed by atoms with Crippen LogP contribution < -0.4 is 15.6 Å². The summed E-state index contributed by atoms with van der Waals surface area (Å²) < 4.78 is 10.2. The van der Waals surface area contributed by atoms with Crippen LogP contribution in [0.5, 0.6) is 5.75 Å². The molecule has 0 aliphatic heterocycles. The lowest BCUT2D eigenvalue weighted by Crippen LogP contribution is -2.44. The molecule has 1 unspecified atom stereocenters. The summed E-state index contributed by atoms with van der Waals surface area (Å²) in [6, 6.07) is 4.51. The predicted molar refractivity (Wildman–Crippen MR) is 103 cm³/mol. The molecule has 0 aromatic heterocycles. The number of fused-ring (bicyclic) bond motifs is 2. The molecule has 2 amide bonds. The number of nitrogens with one attached hydrogen (secondary N) is 2. The summed E-state index contributed by atoms with van der Waals surface area (Å²) in [7, 11) is 1.41. The third-order valence-corrected chi connectivity index (χ3v) is 5.68. The van der Waals surface area contributed by atoms with E-state index in [0.29, 0.717) is 23.6 Å². The number of methoxy groups -OCH3 is 1. The molecule has 156 valence electrons. The van der Waals surface area contributed by atoms with E-state index in [9.17, 15) is 19.2 Å². The van der Waals surface area contributed by atoms with Gasteiger partial charge in [-0.2, -0.15) is 0 Å². The third kappa shape index (κ3) is 5.06. The van der Waals surface area contributed by atoms with Crippen LogP contribution >= 0.6 is 11.6 Å². The minimum absolute atomic E-state index is 0.0687. The number of ether oxygens (including phenoxy) is 2. The van der Waals surface area contributed by atoms with Crippen molar-refractivity contribution in [1.29, 1.82) is 0 Å². The van der Waals surface area contributed by atoms with E-state index in [2.05, 4.69) is 10.9 Å². The van der Waals surface area contributed by atoms with Crippen LogP contribution in [0.15, 0.2) is 18.2 Å². The molecule has 1 aromatic carbocycles. The van der Waals surface area contributed by atoms with E-state index in [1.165, 1.54) is 19.2 Å². The first-order valence-corrected chi connectivity index (χ1v) is 9.90. The fourth-order valence-electron chi connectivity index (χ4n) is 4.01. The molecule has 2 aliphatic carbocycles. The molecular formula is C20H23ClN2O6. The molecule has 0 saturated heterocycles. The normalized spacial score (nSPS) is 23.1. The number of hydrazine groups is 1. The van der Waals surface area contributed by atoms with E-state index in [1.54, 1.807) is 6.07 Å². The molecule has 0 spiro atoms. The average molecular weight is 423 g/mol. The summed E-state index contributed by atoms with van der Waals surface area (Å²) in [5.74, 6) is -1.72. The summed E-state index contributed by atoms with van der Waals surface area (Å²) in [4.78, 5) is 48.5. The van der Waals surface area contributed by atoms with E-state index in [4.69, 9.17) is 21.1 Å². The first-order valence-electron chi connectivity index (χ1n) is 9.52. The Bertz CT molecular complexity index is 811. The van der Waals surface area contributed by atoms with Gasteiger partial charge in [-0.25, -0.2) is 0 Å². The number of amides is 2. The lowest BCUT2D eigenvalue weighted by atomic mass is 9.67. The molecule has 2 saturated carbocycles. The highest BCUT2D eigenvalue weighted by Crippen LogP contribution is 2.40. The van der Waals surface area contributed by atoms with Crippen LogP contribution in [0.1, 0.15) is 42.5 Å². The number of hydrogen-bond acceptors (Lipinski definition) is 6. The molecule has 9 heteroatoms. The highest BCUT2D eigenvalue weighted by atomic mass is 35.5. The molecule has 8 nitrogen and oxygen atoms in total. The average Bonchev–Trinajstić information content (AvgIpc) is 2.70. The molecule has 2 bridgehead atoms. The third-order valence-electron chi connectivity index (χ3n) is 5.45. The van der Waals surface area contributed by atoms with Crippen molar-refractivity contribution in [3.63, 3.8) is 0 Å². The standard InChI is InChI=1S/C20H23ClN2O6/c1-28-16-6-5-14(21)9-15(16)19(26)23-22-17(24)10-29-20(27)13-7-11-3-2-4-12(8-13)18(11)25/h5-6,9,11-13H,2-4,7-8,10H2,1H3,(H,22,24)(H,23,26)/t11-,12+,13?. The van der Waals surface area contributed by atoms with Gasteiger partial charge in [0.05, 0.1) is 18.6 Å². The fraction of sp³-hybridized carbons (Fsp3) is 0.500. The van der Waals surface area contributed by atoms with Crippen molar-refractivity contribution >= 4 is 35.2 Å². The Morgan fingerprint density at radius 2 is 1.83 bits per heavy atom. The number of halogens is 1. The zero-order chi connectivity index (χ0) is 21.0. The molecular weight excluding hydrogens is 400 g/mol. The Labute approximate surface area is 173 Å². The van der Waals surface area contributed by atoms with Crippen LogP contribution in [-0.2, 0) is 19.1 Å². The zero-order valence-corrected chi connectivity index (χ0v) is 16.8. The van der Waals surface area contributed by atoms with Gasteiger partial charge in [0, 0.05) is 16.9 Å². The van der Waals surface area contributed by atoms with Gasteiger partial charge >= 0.3 is 5.97 Å².